The average Bonchev–Trinajstić information content (AvgIpc) is 3.25. The number of allylic oxidation sites excluding steroid dienone is 1. The Morgan fingerprint density at radius 1 is 1.18 bits per heavy atom. The Balaban J connectivity index is 1.77. The molecule has 0 unspecified atom stereocenters. The summed E-state index contributed by atoms with van der Waals surface area (Å²) in [7, 11) is 1.61. The minimum absolute atomic E-state index is 0.115. The Labute approximate surface area is 163 Å². The van der Waals surface area contributed by atoms with E-state index in [0.29, 0.717) is 29.6 Å². The van der Waals surface area contributed by atoms with Crippen LogP contribution in [0.3, 0.4) is 0 Å². The molecule has 3 aromatic rings. The lowest BCUT2D eigenvalue weighted by Gasteiger charge is -2.13. The van der Waals surface area contributed by atoms with Crippen LogP contribution in [0, 0.1) is 5.92 Å². The summed E-state index contributed by atoms with van der Waals surface area (Å²) in [4.78, 5) is 12.6. The van der Waals surface area contributed by atoms with Crippen LogP contribution in [0.1, 0.15) is 29.8 Å². The van der Waals surface area contributed by atoms with Gasteiger partial charge < -0.3 is 9.47 Å². The van der Waals surface area contributed by atoms with Crippen molar-refractivity contribution in [2.75, 3.05) is 13.7 Å². The average molecular weight is 378 g/mol. The van der Waals surface area contributed by atoms with E-state index in [4.69, 9.17) is 9.47 Å². The number of carbonyl (C=O) groups excluding carboxylic acids is 1. The van der Waals surface area contributed by atoms with Crippen LogP contribution in [0.15, 0.2) is 54.9 Å². The highest BCUT2D eigenvalue weighted by atomic mass is 16.5. The first-order chi connectivity index (χ1) is 13.6. The van der Waals surface area contributed by atoms with Crippen LogP contribution in [0.2, 0.25) is 0 Å². The van der Waals surface area contributed by atoms with E-state index < -0.39 is 0 Å². The maximum absolute atomic E-state index is 12.6. The van der Waals surface area contributed by atoms with Crippen molar-refractivity contribution >= 4 is 11.9 Å². The summed E-state index contributed by atoms with van der Waals surface area (Å²) in [5.74, 6) is 1.61. The highest BCUT2D eigenvalue weighted by Gasteiger charge is 2.08. The molecule has 0 saturated heterocycles. The van der Waals surface area contributed by atoms with E-state index >= 15 is 0 Å². The summed E-state index contributed by atoms with van der Waals surface area (Å²) in [5, 5.41) is 11.1. The molecule has 0 aliphatic rings. The minimum atomic E-state index is -0.115. The zero-order valence-electron chi connectivity index (χ0n) is 16.1. The lowest BCUT2D eigenvalue weighted by atomic mass is 10.1. The molecule has 3 rings (SSSR count). The van der Waals surface area contributed by atoms with Crippen molar-refractivity contribution in [2.45, 2.75) is 13.8 Å². The number of methoxy groups -OCH3 is 1. The topological polar surface area (TPSA) is 79.1 Å². The SMILES string of the molecule is COc1ccc(/C=C/C(=O)c2cccc(-n3cnnn3)c2)cc1OCC(C)C. The summed E-state index contributed by atoms with van der Waals surface area (Å²) >= 11 is 0. The number of ketones is 1. The van der Waals surface area contributed by atoms with Gasteiger partial charge in [0, 0.05) is 5.56 Å². The van der Waals surface area contributed by atoms with E-state index in [1.807, 2.05) is 24.3 Å². The van der Waals surface area contributed by atoms with Gasteiger partial charge in [0.2, 0.25) is 0 Å². The third-order valence-electron chi connectivity index (χ3n) is 3.93. The van der Waals surface area contributed by atoms with Gasteiger partial charge in [0.1, 0.15) is 6.33 Å². The molecular formula is C21H22N4O3. The van der Waals surface area contributed by atoms with Crippen molar-refractivity contribution in [3.8, 4) is 17.2 Å². The van der Waals surface area contributed by atoms with E-state index in [1.54, 1.807) is 31.4 Å². The van der Waals surface area contributed by atoms with Crippen LogP contribution >= 0.6 is 0 Å². The monoisotopic (exact) mass is 378 g/mol. The van der Waals surface area contributed by atoms with Crippen molar-refractivity contribution in [3.63, 3.8) is 0 Å². The molecule has 1 heterocycles. The number of aromatic nitrogens is 4. The smallest absolute Gasteiger partial charge is 0.185 e. The Morgan fingerprint density at radius 2 is 2.04 bits per heavy atom. The third-order valence-corrected chi connectivity index (χ3v) is 3.93. The lowest BCUT2D eigenvalue weighted by Crippen LogP contribution is -2.05. The molecule has 0 radical (unpaired) electrons. The zero-order chi connectivity index (χ0) is 19.9. The highest BCUT2D eigenvalue weighted by molar-refractivity contribution is 6.07. The van der Waals surface area contributed by atoms with Gasteiger partial charge in [0.25, 0.3) is 0 Å². The van der Waals surface area contributed by atoms with Crippen molar-refractivity contribution in [1.82, 2.24) is 20.2 Å². The van der Waals surface area contributed by atoms with Gasteiger partial charge in [0.05, 0.1) is 19.4 Å². The minimum Gasteiger partial charge on any atom is -0.493 e. The van der Waals surface area contributed by atoms with Crippen LogP contribution < -0.4 is 9.47 Å². The molecular weight excluding hydrogens is 356 g/mol. The maximum atomic E-state index is 12.6. The van der Waals surface area contributed by atoms with Gasteiger partial charge in [-0.3, -0.25) is 4.79 Å². The Bertz CT molecular complexity index is 966. The molecule has 7 nitrogen and oxygen atoms in total. The summed E-state index contributed by atoms with van der Waals surface area (Å²) < 4.78 is 12.7. The van der Waals surface area contributed by atoms with Crippen LogP contribution in [-0.2, 0) is 0 Å². The van der Waals surface area contributed by atoms with E-state index in [-0.39, 0.29) is 5.78 Å². The predicted octanol–water partition coefficient (Wildman–Crippen LogP) is 3.60. The van der Waals surface area contributed by atoms with Gasteiger partial charge in [-0.1, -0.05) is 38.1 Å². The second-order valence-electron chi connectivity index (χ2n) is 6.62. The molecule has 0 saturated carbocycles. The predicted molar refractivity (Wildman–Crippen MR) is 106 cm³/mol. The molecule has 0 atom stereocenters. The van der Waals surface area contributed by atoms with Crippen molar-refractivity contribution in [1.29, 1.82) is 0 Å². The number of carbonyl (C=O) groups is 1. The molecule has 28 heavy (non-hydrogen) atoms. The van der Waals surface area contributed by atoms with Gasteiger partial charge in [-0.05, 0) is 52.2 Å². The lowest BCUT2D eigenvalue weighted by molar-refractivity contribution is 0.104. The largest absolute Gasteiger partial charge is 0.493 e. The fraction of sp³-hybridized carbons (Fsp3) is 0.238. The van der Waals surface area contributed by atoms with Crippen LogP contribution in [-0.4, -0.2) is 39.7 Å². The fourth-order valence-electron chi connectivity index (χ4n) is 2.52. The maximum Gasteiger partial charge on any atom is 0.185 e. The molecule has 0 bridgehead atoms. The molecule has 7 heteroatoms. The van der Waals surface area contributed by atoms with Gasteiger partial charge in [-0.25, -0.2) is 4.68 Å². The molecule has 0 spiro atoms. The molecule has 2 aromatic carbocycles. The zero-order valence-corrected chi connectivity index (χ0v) is 16.1. The number of hydrogen-bond acceptors (Lipinski definition) is 6. The molecule has 0 fully saturated rings. The summed E-state index contributed by atoms with van der Waals surface area (Å²) in [6.45, 7) is 4.75. The van der Waals surface area contributed by atoms with Crippen LogP contribution in [0.25, 0.3) is 11.8 Å². The summed E-state index contributed by atoms with van der Waals surface area (Å²) in [6.07, 6.45) is 4.77. The standard InChI is InChI=1S/C21H22N4O3/c1-15(2)13-28-21-11-16(8-10-20(21)27-3)7-9-19(26)17-5-4-6-18(12-17)25-14-22-23-24-25/h4-12,14-15H,13H2,1-3H3/b9-7+. The van der Waals surface area contributed by atoms with Gasteiger partial charge >= 0.3 is 0 Å². The summed E-state index contributed by atoms with van der Waals surface area (Å²) in [6, 6.07) is 12.7. The van der Waals surface area contributed by atoms with E-state index in [9.17, 15) is 4.79 Å². The van der Waals surface area contributed by atoms with Crippen molar-refractivity contribution in [3.05, 3.63) is 66.0 Å². The van der Waals surface area contributed by atoms with Crippen molar-refractivity contribution in [2.24, 2.45) is 5.92 Å². The normalized spacial score (nSPS) is 11.1. The Hall–Kier alpha value is -3.48. The van der Waals surface area contributed by atoms with Gasteiger partial charge in [-0.15, -0.1) is 5.10 Å². The van der Waals surface area contributed by atoms with Crippen molar-refractivity contribution < 1.29 is 14.3 Å². The number of tetrazole rings is 1. The summed E-state index contributed by atoms with van der Waals surface area (Å²) in [5.41, 5.74) is 2.12. The number of benzene rings is 2. The molecule has 0 amide bonds. The van der Waals surface area contributed by atoms with Crippen LogP contribution in [0.5, 0.6) is 11.5 Å². The quantitative estimate of drug-likeness (QED) is 0.440. The molecule has 1 aromatic heterocycles. The molecule has 0 aliphatic heterocycles. The van der Waals surface area contributed by atoms with E-state index in [1.165, 1.54) is 17.1 Å². The number of nitrogens with zero attached hydrogens (tertiary/aromatic N) is 4. The van der Waals surface area contributed by atoms with Gasteiger partial charge in [0.15, 0.2) is 17.3 Å². The molecule has 0 aliphatic carbocycles. The first-order valence-corrected chi connectivity index (χ1v) is 8.93. The van der Waals surface area contributed by atoms with E-state index in [0.717, 1.165) is 11.3 Å². The van der Waals surface area contributed by atoms with Gasteiger partial charge in [-0.2, -0.15) is 0 Å². The number of rotatable bonds is 8. The Kier molecular flexibility index (Phi) is 6.16. The van der Waals surface area contributed by atoms with E-state index in [2.05, 4.69) is 29.4 Å². The highest BCUT2D eigenvalue weighted by Crippen LogP contribution is 2.29. The fourth-order valence-corrected chi connectivity index (χ4v) is 2.52. The molecule has 0 N–H and O–H groups in total. The second-order valence-corrected chi connectivity index (χ2v) is 6.62. The number of ether oxygens (including phenoxy) is 2. The Morgan fingerprint density at radius 3 is 2.75 bits per heavy atom. The third kappa shape index (κ3) is 4.82. The second kappa shape index (κ2) is 8.94. The first kappa shape index (κ1) is 19.3. The van der Waals surface area contributed by atoms with Crippen LogP contribution in [0.4, 0.5) is 0 Å². The number of hydrogen-bond donors (Lipinski definition) is 0. The molecule has 144 valence electrons. The first-order valence-electron chi connectivity index (χ1n) is 8.93.